The van der Waals surface area contributed by atoms with Crippen molar-refractivity contribution >= 4 is 40.6 Å². The van der Waals surface area contributed by atoms with Gasteiger partial charge in [-0.15, -0.1) is 0 Å². The number of carboxylic acid groups (broad SMARTS) is 1. The van der Waals surface area contributed by atoms with E-state index >= 15 is 0 Å². The molecule has 1 aromatic carbocycles. The first-order chi connectivity index (χ1) is 15.4. The fraction of sp³-hybridized carbons (Fsp3) is 0.421. The Hall–Kier alpha value is -3.68. The fourth-order valence-corrected chi connectivity index (χ4v) is 3.79. The number of β-lactam (4-membered cyclic amide) rings is 1. The first-order valence-electron chi connectivity index (χ1n) is 9.70. The van der Waals surface area contributed by atoms with Crippen LogP contribution in [0.15, 0.2) is 23.3 Å². The number of thiol groups is 1. The molecule has 0 saturated carbocycles. The molecular weight excluding hydrogens is 460 g/mol. The zero-order valence-electron chi connectivity index (χ0n) is 17.7. The second-order valence-corrected chi connectivity index (χ2v) is 9.06. The second-order valence-electron chi connectivity index (χ2n) is 7.58. The van der Waals surface area contributed by atoms with Gasteiger partial charge in [-0.3, -0.25) is 14.4 Å². The van der Waals surface area contributed by atoms with Crippen LogP contribution in [0.1, 0.15) is 37.0 Å². The van der Waals surface area contributed by atoms with E-state index in [4.69, 9.17) is 0 Å². The molecule has 180 valence electrons. The van der Waals surface area contributed by atoms with E-state index in [0.29, 0.717) is 0 Å². The van der Waals surface area contributed by atoms with Crippen LogP contribution in [0.2, 0.25) is 0 Å². The van der Waals surface area contributed by atoms with Crippen molar-refractivity contribution in [2.24, 2.45) is 5.10 Å². The maximum atomic E-state index is 12.0. The number of likely N-dealkylation sites (tertiary alicyclic amines) is 1. The van der Waals surface area contributed by atoms with Gasteiger partial charge in [-0.05, 0) is 32.0 Å². The minimum Gasteiger partial charge on any atom is -0.504 e. The molecule has 5 N–H and O–H groups in total. The van der Waals surface area contributed by atoms with Crippen molar-refractivity contribution in [1.29, 1.82) is 0 Å². The smallest absolute Gasteiger partial charge is 0.328 e. The number of hydrogen-bond donors (Lipinski definition) is 6. The third-order valence-corrected chi connectivity index (χ3v) is 6.23. The molecule has 14 heteroatoms. The van der Waals surface area contributed by atoms with Gasteiger partial charge in [0.15, 0.2) is 28.2 Å². The number of phenolic OH excluding ortho intramolecular Hbond substituents is 2. The highest BCUT2D eigenvalue weighted by Crippen LogP contribution is 2.29. The molecule has 1 aliphatic heterocycles. The molecule has 13 nitrogen and oxygen atoms in total. The summed E-state index contributed by atoms with van der Waals surface area (Å²) in [6.07, 6.45) is 0.599. The average molecular weight is 484 g/mol. The summed E-state index contributed by atoms with van der Waals surface area (Å²) in [7, 11) is -3.41. The molecule has 1 saturated heterocycles. The van der Waals surface area contributed by atoms with Crippen LogP contribution in [0.5, 0.6) is 11.5 Å². The topological polar surface area (TPSA) is 203 Å². The van der Waals surface area contributed by atoms with E-state index in [2.05, 4.69) is 15.8 Å². The van der Waals surface area contributed by atoms with Crippen LogP contribution in [-0.2, 0) is 25.1 Å². The Morgan fingerprint density at radius 1 is 1.30 bits per heavy atom. The van der Waals surface area contributed by atoms with Gasteiger partial charge >= 0.3 is 5.97 Å². The van der Waals surface area contributed by atoms with Crippen LogP contribution in [0.25, 0.3) is 0 Å². The molecule has 0 aromatic heterocycles. The van der Waals surface area contributed by atoms with E-state index in [1.807, 2.05) is 0 Å². The third kappa shape index (κ3) is 5.77. The minimum atomic E-state index is -3.41. The monoisotopic (exact) mass is 484 g/mol. The number of benzene rings is 1. The quantitative estimate of drug-likeness (QED) is 0.0772. The molecule has 0 unspecified atom stereocenters. The summed E-state index contributed by atoms with van der Waals surface area (Å²) in [4.78, 5) is 48.5. The van der Waals surface area contributed by atoms with Gasteiger partial charge in [0.1, 0.15) is 4.75 Å². The number of hydrogen-bond acceptors (Lipinski definition) is 9. The number of rotatable bonds is 10. The van der Waals surface area contributed by atoms with E-state index in [1.165, 1.54) is 6.07 Å². The highest BCUT2D eigenvalue weighted by atomic mass is 32.2. The maximum absolute atomic E-state index is 12.0. The largest absolute Gasteiger partial charge is 0.504 e. The van der Waals surface area contributed by atoms with Crippen molar-refractivity contribution in [2.45, 2.75) is 43.5 Å². The van der Waals surface area contributed by atoms with E-state index < -0.39 is 62.7 Å². The second kappa shape index (κ2) is 10.3. The standard InChI is InChI=1S/C19H24N4O9S/c1-10-7-15(27)23(10)16(18(29)30)19(2,33(31)32)9-21-22-14(26)5-6-20-17(28)11-3-4-12(24)13(25)8-11/h3-4,8-10,16,24-25,33H,5-7H2,1-2H3,(H,20,28)(H,22,26)(H,29,30)/b21-9+/t10-,16+,19+/m1/s1. The Morgan fingerprint density at radius 3 is 2.48 bits per heavy atom. The first kappa shape index (κ1) is 25.6. The Bertz CT molecular complexity index is 1060. The van der Waals surface area contributed by atoms with Gasteiger partial charge < -0.3 is 25.5 Å². The van der Waals surface area contributed by atoms with E-state index in [0.717, 1.165) is 30.2 Å². The average Bonchev–Trinajstić information content (AvgIpc) is 2.73. The van der Waals surface area contributed by atoms with Crippen LogP contribution < -0.4 is 10.7 Å². The number of phenols is 2. The molecule has 3 amide bonds. The highest BCUT2D eigenvalue weighted by molar-refractivity contribution is 7.75. The number of carbonyl (C=O) groups excluding carboxylic acids is 3. The number of carboxylic acids is 1. The zero-order valence-corrected chi connectivity index (χ0v) is 18.6. The van der Waals surface area contributed by atoms with Gasteiger partial charge in [0.25, 0.3) is 5.91 Å². The molecule has 0 spiro atoms. The Labute approximate surface area is 190 Å². The number of carbonyl (C=O) groups is 4. The summed E-state index contributed by atoms with van der Waals surface area (Å²) < 4.78 is 21.7. The Morgan fingerprint density at radius 2 is 1.97 bits per heavy atom. The Kier molecular flexibility index (Phi) is 7.98. The van der Waals surface area contributed by atoms with E-state index in [-0.39, 0.29) is 24.9 Å². The van der Waals surface area contributed by atoms with Gasteiger partial charge in [-0.1, -0.05) is 0 Å². The number of amides is 3. The summed E-state index contributed by atoms with van der Waals surface area (Å²) in [5.41, 5.74) is 2.11. The predicted octanol–water partition coefficient (Wildman–Crippen LogP) is -1.24. The molecule has 1 fully saturated rings. The molecule has 1 aromatic rings. The molecule has 0 radical (unpaired) electrons. The molecule has 1 aliphatic rings. The molecule has 0 aliphatic carbocycles. The van der Waals surface area contributed by atoms with Gasteiger partial charge in [-0.2, -0.15) is 5.10 Å². The lowest BCUT2D eigenvalue weighted by Gasteiger charge is -2.45. The van der Waals surface area contributed by atoms with Gasteiger partial charge in [0, 0.05) is 37.2 Å². The Balaban J connectivity index is 1.97. The number of aliphatic carboxylic acids is 1. The highest BCUT2D eigenvalue weighted by Gasteiger charge is 2.52. The maximum Gasteiger partial charge on any atom is 0.328 e. The van der Waals surface area contributed by atoms with Crippen molar-refractivity contribution in [3.05, 3.63) is 23.8 Å². The van der Waals surface area contributed by atoms with E-state index in [9.17, 15) is 42.9 Å². The van der Waals surface area contributed by atoms with Crippen molar-refractivity contribution in [3.8, 4) is 11.5 Å². The molecule has 0 bridgehead atoms. The van der Waals surface area contributed by atoms with Crippen molar-refractivity contribution in [2.75, 3.05) is 6.54 Å². The van der Waals surface area contributed by atoms with Crippen molar-refractivity contribution < 1.29 is 42.9 Å². The van der Waals surface area contributed by atoms with Gasteiger partial charge in [-0.25, -0.2) is 18.6 Å². The van der Waals surface area contributed by atoms with Crippen LogP contribution in [0.4, 0.5) is 0 Å². The molecule has 2 rings (SSSR count). The number of aromatic hydroxyl groups is 2. The fourth-order valence-electron chi connectivity index (χ4n) is 3.20. The SMILES string of the molecule is C[C@@H]1CC(=O)N1[C@@H](C(=O)O)[C@](C)(/C=N/NC(=O)CCNC(=O)c1ccc(O)c(O)c1)[SH](=O)=O. The van der Waals surface area contributed by atoms with Gasteiger partial charge in [0.05, 0.1) is 0 Å². The van der Waals surface area contributed by atoms with Crippen LogP contribution in [-0.4, -0.2) is 81.9 Å². The molecule has 3 atom stereocenters. The summed E-state index contributed by atoms with van der Waals surface area (Å²) in [6, 6.07) is 1.25. The third-order valence-electron chi connectivity index (χ3n) is 5.08. The molecular formula is C19H24N4O9S. The molecule has 33 heavy (non-hydrogen) atoms. The lowest BCUT2D eigenvalue weighted by molar-refractivity contribution is -0.161. The van der Waals surface area contributed by atoms with E-state index in [1.54, 1.807) is 6.92 Å². The normalized spacial score (nSPS) is 18.5. The molecule has 1 heterocycles. The number of nitrogens with zero attached hydrogens (tertiary/aromatic N) is 2. The summed E-state index contributed by atoms with van der Waals surface area (Å²) in [6.45, 7) is 2.54. The minimum absolute atomic E-state index is 0.0493. The van der Waals surface area contributed by atoms with Crippen molar-refractivity contribution in [3.63, 3.8) is 0 Å². The van der Waals surface area contributed by atoms with Crippen LogP contribution in [0.3, 0.4) is 0 Å². The van der Waals surface area contributed by atoms with Crippen LogP contribution in [0, 0.1) is 0 Å². The van der Waals surface area contributed by atoms with Crippen molar-refractivity contribution in [1.82, 2.24) is 15.6 Å². The lowest BCUT2D eigenvalue weighted by atomic mass is 9.92. The lowest BCUT2D eigenvalue weighted by Crippen LogP contribution is -2.66. The number of nitrogens with one attached hydrogen (secondary N) is 2. The van der Waals surface area contributed by atoms with Gasteiger partial charge in [0.2, 0.25) is 11.8 Å². The number of hydrazone groups is 1. The summed E-state index contributed by atoms with van der Waals surface area (Å²) in [5, 5.41) is 34.2. The van der Waals surface area contributed by atoms with Crippen LogP contribution >= 0.6 is 0 Å². The first-order valence-corrected chi connectivity index (χ1v) is 10.9. The predicted molar refractivity (Wildman–Crippen MR) is 114 cm³/mol. The zero-order chi connectivity index (χ0) is 24.9. The summed E-state index contributed by atoms with van der Waals surface area (Å²) >= 11 is 0. The summed E-state index contributed by atoms with van der Waals surface area (Å²) in [5.74, 6) is -4.23.